The van der Waals surface area contributed by atoms with Gasteiger partial charge in [-0.05, 0) is 47.1 Å². The van der Waals surface area contributed by atoms with E-state index in [1.165, 1.54) is 24.5 Å². The van der Waals surface area contributed by atoms with E-state index in [2.05, 4.69) is 37.5 Å². The van der Waals surface area contributed by atoms with Gasteiger partial charge in [-0.15, -0.1) is 0 Å². The van der Waals surface area contributed by atoms with Crippen LogP contribution in [-0.4, -0.2) is 22.7 Å². The van der Waals surface area contributed by atoms with Crippen molar-refractivity contribution in [1.82, 2.24) is 4.98 Å². The van der Waals surface area contributed by atoms with Crippen LogP contribution < -0.4 is 14.9 Å². The largest absolute Gasteiger partial charge is 0.490 e. The van der Waals surface area contributed by atoms with Crippen LogP contribution in [0.2, 0.25) is 0 Å². The van der Waals surface area contributed by atoms with Crippen LogP contribution in [0.4, 0.5) is 11.5 Å². The van der Waals surface area contributed by atoms with Crippen molar-refractivity contribution in [2.24, 2.45) is 5.10 Å². The van der Waals surface area contributed by atoms with E-state index in [0.717, 1.165) is 5.56 Å². The molecule has 0 bridgehead atoms. The van der Waals surface area contributed by atoms with Gasteiger partial charge in [0.15, 0.2) is 11.5 Å². The Bertz CT molecular complexity index is 1190. The minimum atomic E-state index is -0.537. The van der Waals surface area contributed by atoms with Crippen LogP contribution in [0.15, 0.2) is 64.3 Å². The zero-order valence-electron chi connectivity index (χ0n) is 17.0. The summed E-state index contributed by atoms with van der Waals surface area (Å²) in [5.74, 6) is 1.03. The van der Waals surface area contributed by atoms with Gasteiger partial charge in [0.2, 0.25) is 5.82 Å². The second-order valence-corrected chi connectivity index (χ2v) is 7.16. The Labute approximate surface area is 192 Å². The Balaban J connectivity index is 1.80. The SMILES string of the molecule is CCOc1cc(C=NNc2ncccc2[N+](=O)[O-])c(Br)cc1OCc1ccccc1C#N. The summed E-state index contributed by atoms with van der Waals surface area (Å²) in [6.07, 6.45) is 2.92. The van der Waals surface area contributed by atoms with Crippen molar-refractivity contribution in [2.75, 3.05) is 12.0 Å². The fraction of sp³-hybridized carbons (Fsp3) is 0.136. The summed E-state index contributed by atoms with van der Waals surface area (Å²) in [6, 6.07) is 15.6. The van der Waals surface area contributed by atoms with Gasteiger partial charge < -0.3 is 9.47 Å². The van der Waals surface area contributed by atoms with E-state index < -0.39 is 4.92 Å². The van der Waals surface area contributed by atoms with Crippen molar-refractivity contribution in [1.29, 1.82) is 5.26 Å². The van der Waals surface area contributed by atoms with Gasteiger partial charge in [0.05, 0.1) is 29.4 Å². The molecule has 10 heteroatoms. The number of hydrogen-bond acceptors (Lipinski definition) is 8. The van der Waals surface area contributed by atoms with E-state index in [9.17, 15) is 15.4 Å². The van der Waals surface area contributed by atoms with Crippen LogP contribution in [0.1, 0.15) is 23.6 Å². The highest BCUT2D eigenvalue weighted by atomic mass is 79.9. The molecule has 0 unspecified atom stereocenters. The lowest BCUT2D eigenvalue weighted by atomic mass is 10.1. The highest BCUT2D eigenvalue weighted by Crippen LogP contribution is 2.34. The molecule has 1 aromatic heterocycles. The van der Waals surface area contributed by atoms with Gasteiger partial charge in [-0.2, -0.15) is 10.4 Å². The fourth-order valence-electron chi connectivity index (χ4n) is 2.73. The number of rotatable bonds is 9. The predicted molar refractivity (Wildman–Crippen MR) is 123 cm³/mol. The van der Waals surface area contributed by atoms with Gasteiger partial charge >= 0.3 is 5.69 Å². The summed E-state index contributed by atoms with van der Waals surface area (Å²) < 4.78 is 12.3. The number of ether oxygens (including phenoxy) is 2. The molecule has 0 radical (unpaired) electrons. The van der Waals surface area contributed by atoms with Gasteiger partial charge in [0.1, 0.15) is 6.61 Å². The molecule has 0 amide bonds. The Kier molecular flexibility index (Phi) is 7.72. The zero-order chi connectivity index (χ0) is 22.9. The maximum Gasteiger partial charge on any atom is 0.313 e. The molecule has 2 aromatic carbocycles. The second-order valence-electron chi connectivity index (χ2n) is 6.31. The first-order valence-electron chi connectivity index (χ1n) is 9.49. The summed E-state index contributed by atoms with van der Waals surface area (Å²) in [5.41, 5.74) is 4.37. The van der Waals surface area contributed by atoms with Crippen LogP contribution >= 0.6 is 15.9 Å². The van der Waals surface area contributed by atoms with Crippen LogP contribution in [-0.2, 0) is 6.61 Å². The van der Waals surface area contributed by atoms with Gasteiger partial charge in [0, 0.05) is 27.9 Å². The number of hydrogen-bond donors (Lipinski definition) is 1. The molecule has 0 saturated heterocycles. The van der Waals surface area contributed by atoms with Crippen LogP contribution in [0.25, 0.3) is 0 Å². The Morgan fingerprint density at radius 2 is 2.03 bits per heavy atom. The third-order valence-electron chi connectivity index (χ3n) is 4.24. The molecule has 3 aromatic rings. The van der Waals surface area contributed by atoms with Crippen molar-refractivity contribution >= 4 is 33.6 Å². The molecule has 32 heavy (non-hydrogen) atoms. The molecule has 1 N–H and O–H groups in total. The van der Waals surface area contributed by atoms with Gasteiger partial charge in [-0.3, -0.25) is 15.5 Å². The Morgan fingerprint density at radius 3 is 2.78 bits per heavy atom. The molecule has 0 aliphatic rings. The zero-order valence-corrected chi connectivity index (χ0v) is 18.6. The number of benzene rings is 2. The van der Waals surface area contributed by atoms with Crippen molar-refractivity contribution in [3.8, 4) is 17.6 Å². The molecule has 3 rings (SSSR count). The average molecular weight is 496 g/mol. The first-order valence-corrected chi connectivity index (χ1v) is 10.3. The molecule has 0 saturated carbocycles. The number of anilines is 1. The number of nitro groups is 1. The number of halogens is 1. The van der Waals surface area contributed by atoms with Gasteiger partial charge in [-0.25, -0.2) is 4.98 Å². The van der Waals surface area contributed by atoms with Gasteiger partial charge in [-0.1, -0.05) is 18.2 Å². The van der Waals surface area contributed by atoms with E-state index in [1.807, 2.05) is 19.1 Å². The smallest absolute Gasteiger partial charge is 0.313 e. The highest BCUT2D eigenvalue weighted by Gasteiger charge is 2.14. The number of pyridine rings is 1. The molecule has 0 fully saturated rings. The normalized spacial score (nSPS) is 10.5. The van der Waals surface area contributed by atoms with Gasteiger partial charge in [0.25, 0.3) is 0 Å². The van der Waals surface area contributed by atoms with Crippen LogP contribution in [0.5, 0.6) is 11.5 Å². The summed E-state index contributed by atoms with van der Waals surface area (Å²) in [6.45, 7) is 2.47. The van der Waals surface area contributed by atoms with E-state index in [1.54, 1.807) is 24.3 Å². The third-order valence-corrected chi connectivity index (χ3v) is 4.93. The molecular weight excluding hydrogens is 478 g/mol. The molecule has 0 spiro atoms. The Hall–Kier alpha value is -3.97. The third kappa shape index (κ3) is 5.59. The fourth-order valence-corrected chi connectivity index (χ4v) is 3.16. The number of nitrogens with zero attached hydrogens (tertiary/aromatic N) is 4. The second kappa shape index (κ2) is 10.9. The Morgan fingerprint density at radius 1 is 1.25 bits per heavy atom. The summed E-state index contributed by atoms with van der Waals surface area (Å²) in [7, 11) is 0. The highest BCUT2D eigenvalue weighted by molar-refractivity contribution is 9.10. The van der Waals surface area contributed by atoms with Crippen molar-refractivity contribution in [3.05, 3.63) is 86.0 Å². The maximum atomic E-state index is 11.1. The maximum absolute atomic E-state index is 11.1. The summed E-state index contributed by atoms with van der Waals surface area (Å²) in [4.78, 5) is 14.5. The lowest BCUT2D eigenvalue weighted by Crippen LogP contribution is -2.03. The number of nitriles is 1. The molecule has 9 nitrogen and oxygen atoms in total. The number of hydrazone groups is 1. The minimum Gasteiger partial charge on any atom is -0.490 e. The standard InChI is InChI=1S/C22H18BrN5O4/c1-2-31-20-10-17(13-26-27-22-19(28(29)30)8-5-9-25-22)18(23)11-21(20)32-14-16-7-4-3-6-15(16)12-24/h3-11,13H,2,14H2,1H3,(H,25,27). The number of nitrogens with one attached hydrogen (secondary N) is 1. The summed E-state index contributed by atoms with van der Waals surface area (Å²) in [5, 5.41) is 24.4. The number of aromatic nitrogens is 1. The lowest BCUT2D eigenvalue weighted by molar-refractivity contribution is -0.384. The monoisotopic (exact) mass is 495 g/mol. The first-order chi connectivity index (χ1) is 15.5. The van der Waals surface area contributed by atoms with Crippen LogP contribution in [0, 0.1) is 21.4 Å². The minimum absolute atomic E-state index is 0.0333. The van der Waals surface area contributed by atoms with Crippen molar-refractivity contribution in [2.45, 2.75) is 13.5 Å². The van der Waals surface area contributed by atoms with Crippen LogP contribution in [0.3, 0.4) is 0 Å². The predicted octanol–water partition coefficient (Wildman–Crippen LogP) is 5.05. The van der Waals surface area contributed by atoms with E-state index in [4.69, 9.17) is 9.47 Å². The molecule has 0 aliphatic heterocycles. The summed E-state index contributed by atoms with van der Waals surface area (Å²) >= 11 is 3.48. The van der Waals surface area contributed by atoms with Crippen molar-refractivity contribution in [3.63, 3.8) is 0 Å². The van der Waals surface area contributed by atoms with Crippen molar-refractivity contribution < 1.29 is 14.4 Å². The van der Waals surface area contributed by atoms with E-state index in [-0.39, 0.29) is 18.1 Å². The molecular formula is C22H18BrN5O4. The quantitative estimate of drug-likeness (QED) is 0.250. The van der Waals surface area contributed by atoms with E-state index in [0.29, 0.717) is 33.7 Å². The molecule has 0 atom stereocenters. The lowest BCUT2D eigenvalue weighted by Gasteiger charge is -2.14. The van der Waals surface area contributed by atoms with E-state index >= 15 is 0 Å². The topological polar surface area (TPSA) is 123 Å². The average Bonchev–Trinajstić information content (AvgIpc) is 2.80. The first kappa shape index (κ1) is 22.7. The molecule has 162 valence electrons. The molecule has 0 aliphatic carbocycles. The molecule has 1 heterocycles.